The van der Waals surface area contributed by atoms with Crippen molar-refractivity contribution >= 4 is 5.91 Å². The molecule has 1 aliphatic rings. The van der Waals surface area contributed by atoms with Crippen LogP contribution in [0.15, 0.2) is 60.8 Å². The lowest BCUT2D eigenvalue weighted by atomic mass is 9.82. The lowest BCUT2D eigenvalue weighted by Crippen LogP contribution is -2.47. The Bertz CT molecular complexity index is 1200. The molecular formula is C30H37F2N3O2. The predicted molar refractivity (Wildman–Crippen MR) is 142 cm³/mol. The Hall–Kier alpha value is -3.03. The van der Waals surface area contributed by atoms with Gasteiger partial charge in [0, 0.05) is 42.7 Å². The Kier molecular flexibility index (Phi) is 8.45. The van der Waals surface area contributed by atoms with Crippen molar-refractivity contribution in [1.29, 1.82) is 0 Å². The highest BCUT2D eigenvalue weighted by Crippen LogP contribution is 2.42. The van der Waals surface area contributed by atoms with E-state index in [1.165, 1.54) is 6.07 Å². The highest BCUT2D eigenvalue weighted by molar-refractivity contribution is 5.82. The standard InChI is InChI=1S/C30H37F2N3O2/c1-30(2,3)28(35(15-8-14-33)29(36)27-11-7-16-37-27)26-17-22(24-18-23(31)12-13-25(24)32)20-34(26)19-21-9-5-4-6-10-21/h4-6,9-10,12-13,17-18,20,27-28H,7-8,11,14-16,19,33H2,1-3H3/t27?,28-/m0/s1. The van der Waals surface area contributed by atoms with Crippen molar-refractivity contribution in [3.8, 4) is 11.1 Å². The minimum absolute atomic E-state index is 0.0446. The molecule has 1 aromatic heterocycles. The zero-order valence-corrected chi connectivity index (χ0v) is 21.9. The predicted octanol–water partition coefficient (Wildman–Crippen LogP) is 5.93. The third-order valence-electron chi connectivity index (χ3n) is 6.87. The molecule has 0 aliphatic carbocycles. The fourth-order valence-corrected chi connectivity index (χ4v) is 5.20. The van der Waals surface area contributed by atoms with Gasteiger partial charge in [-0.25, -0.2) is 8.78 Å². The molecule has 0 bridgehead atoms. The number of amides is 1. The Labute approximate surface area is 218 Å². The number of benzene rings is 2. The average molecular weight is 510 g/mol. The molecule has 0 saturated carbocycles. The van der Waals surface area contributed by atoms with Crippen molar-refractivity contribution in [2.45, 2.75) is 58.7 Å². The molecule has 1 saturated heterocycles. The highest BCUT2D eigenvalue weighted by Gasteiger charge is 2.40. The van der Waals surface area contributed by atoms with Gasteiger partial charge in [-0.05, 0) is 61.1 Å². The third kappa shape index (κ3) is 6.28. The molecule has 37 heavy (non-hydrogen) atoms. The summed E-state index contributed by atoms with van der Waals surface area (Å²) in [5, 5.41) is 0. The minimum Gasteiger partial charge on any atom is -0.368 e. The van der Waals surface area contributed by atoms with E-state index in [2.05, 4.69) is 25.3 Å². The van der Waals surface area contributed by atoms with Gasteiger partial charge < -0.3 is 19.9 Å². The molecule has 3 aromatic rings. The maximum atomic E-state index is 14.8. The summed E-state index contributed by atoms with van der Waals surface area (Å²) >= 11 is 0. The van der Waals surface area contributed by atoms with Crippen molar-refractivity contribution in [3.63, 3.8) is 0 Å². The van der Waals surface area contributed by atoms with Crippen LogP contribution in [0.1, 0.15) is 57.3 Å². The number of ether oxygens (including phenoxy) is 1. The van der Waals surface area contributed by atoms with Crippen molar-refractivity contribution in [3.05, 3.63) is 83.7 Å². The van der Waals surface area contributed by atoms with E-state index in [0.717, 1.165) is 29.8 Å². The molecule has 0 spiro atoms. The Morgan fingerprint density at radius 1 is 1.16 bits per heavy atom. The second kappa shape index (κ2) is 11.6. The molecule has 7 heteroatoms. The quantitative estimate of drug-likeness (QED) is 0.389. The van der Waals surface area contributed by atoms with E-state index in [4.69, 9.17) is 10.5 Å². The number of aromatic nitrogens is 1. The van der Waals surface area contributed by atoms with Crippen LogP contribution in [0.2, 0.25) is 0 Å². The molecule has 2 aromatic carbocycles. The second-order valence-corrected chi connectivity index (χ2v) is 10.8. The third-order valence-corrected chi connectivity index (χ3v) is 6.87. The topological polar surface area (TPSA) is 60.5 Å². The monoisotopic (exact) mass is 509 g/mol. The number of nitrogens with two attached hydrogens (primary N) is 1. The van der Waals surface area contributed by atoms with E-state index in [0.29, 0.717) is 44.6 Å². The first-order chi connectivity index (χ1) is 17.7. The van der Waals surface area contributed by atoms with Crippen LogP contribution in [0.4, 0.5) is 8.78 Å². The molecule has 1 fully saturated rings. The number of halogens is 2. The average Bonchev–Trinajstić information content (AvgIpc) is 3.53. The number of carbonyl (C=O) groups excluding carboxylic acids is 1. The van der Waals surface area contributed by atoms with Crippen LogP contribution in [0.25, 0.3) is 11.1 Å². The number of carbonyl (C=O) groups is 1. The summed E-state index contributed by atoms with van der Waals surface area (Å²) in [5.74, 6) is -1.04. The first kappa shape index (κ1) is 27.0. The molecule has 2 N–H and O–H groups in total. The Balaban J connectivity index is 1.86. The maximum absolute atomic E-state index is 14.8. The lowest BCUT2D eigenvalue weighted by Gasteiger charge is -2.42. The molecule has 198 valence electrons. The summed E-state index contributed by atoms with van der Waals surface area (Å²) < 4.78 is 36.8. The van der Waals surface area contributed by atoms with Gasteiger partial charge in [0.15, 0.2) is 0 Å². The largest absolute Gasteiger partial charge is 0.368 e. The highest BCUT2D eigenvalue weighted by atomic mass is 19.1. The summed E-state index contributed by atoms with van der Waals surface area (Å²) in [6.07, 6.45) is 3.58. The molecule has 2 atom stereocenters. The fraction of sp³-hybridized carbons (Fsp3) is 0.433. The molecule has 4 rings (SSSR count). The molecule has 2 heterocycles. The minimum atomic E-state index is -0.501. The molecule has 0 radical (unpaired) electrons. The molecular weight excluding hydrogens is 472 g/mol. The number of hydrogen-bond acceptors (Lipinski definition) is 3. The van der Waals surface area contributed by atoms with Gasteiger partial charge in [0.1, 0.15) is 17.7 Å². The summed E-state index contributed by atoms with van der Waals surface area (Å²) in [4.78, 5) is 15.7. The summed E-state index contributed by atoms with van der Waals surface area (Å²) in [5.41, 5.74) is 8.19. The normalized spacial score (nSPS) is 16.6. The van der Waals surface area contributed by atoms with Crippen molar-refractivity contribution in [1.82, 2.24) is 9.47 Å². The van der Waals surface area contributed by atoms with E-state index >= 15 is 0 Å². The van der Waals surface area contributed by atoms with Crippen LogP contribution >= 0.6 is 0 Å². The second-order valence-electron chi connectivity index (χ2n) is 10.8. The maximum Gasteiger partial charge on any atom is 0.252 e. The van der Waals surface area contributed by atoms with Gasteiger partial charge in [-0.3, -0.25) is 4.79 Å². The van der Waals surface area contributed by atoms with Crippen molar-refractivity contribution in [2.75, 3.05) is 19.7 Å². The van der Waals surface area contributed by atoms with Gasteiger partial charge in [0.2, 0.25) is 0 Å². The van der Waals surface area contributed by atoms with Gasteiger partial charge in [-0.2, -0.15) is 0 Å². The van der Waals surface area contributed by atoms with Crippen LogP contribution < -0.4 is 5.73 Å². The van der Waals surface area contributed by atoms with Gasteiger partial charge in [0.05, 0.1) is 6.04 Å². The number of nitrogens with zero attached hydrogens (tertiary/aromatic N) is 2. The first-order valence-corrected chi connectivity index (χ1v) is 13.0. The van der Waals surface area contributed by atoms with Gasteiger partial charge in [-0.1, -0.05) is 51.1 Å². The summed E-state index contributed by atoms with van der Waals surface area (Å²) in [6.45, 7) is 8.33. The number of hydrogen-bond donors (Lipinski definition) is 1. The van der Waals surface area contributed by atoms with E-state index in [1.54, 1.807) is 0 Å². The van der Waals surface area contributed by atoms with Crippen molar-refractivity contribution < 1.29 is 18.3 Å². The summed E-state index contributed by atoms with van der Waals surface area (Å²) in [7, 11) is 0. The van der Waals surface area contributed by atoms with E-state index < -0.39 is 17.7 Å². The summed E-state index contributed by atoms with van der Waals surface area (Å²) in [6, 6.07) is 15.0. The van der Waals surface area contributed by atoms with Crippen LogP contribution in [0, 0.1) is 17.0 Å². The molecule has 1 amide bonds. The Morgan fingerprint density at radius 3 is 2.57 bits per heavy atom. The van der Waals surface area contributed by atoms with Crippen LogP contribution in [-0.4, -0.2) is 41.2 Å². The fourth-order valence-electron chi connectivity index (χ4n) is 5.20. The van der Waals surface area contributed by atoms with E-state index in [1.807, 2.05) is 47.5 Å². The van der Waals surface area contributed by atoms with E-state index in [-0.39, 0.29) is 22.9 Å². The van der Waals surface area contributed by atoms with Crippen molar-refractivity contribution in [2.24, 2.45) is 11.1 Å². The SMILES string of the molecule is CC(C)(C)[C@H](c1cc(-c2cc(F)ccc2F)cn1Cc1ccccc1)N(CCCN)C(=O)C1CCCO1. The molecule has 1 aliphatic heterocycles. The van der Waals surface area contributed by atoms with Crippen LogP contribution in [0.3, 0.4) is 0 Å². The molecule has 5 nitrogen and oxygen atoms in total. The van der Waals surface area contributed by atoms with Gasteiger partial charge >= 0.3 is 0 Å². The lowest BCUT2D eigenvalue weighted by molar-refractivity contribution is -0.146. The van der Waals surface area contributed by atoms with Gasteiger partial charge in [0.25, 0.3) is 5.91 Å². The molecule has 1 unspecified atom stereocenters. The first-order valence-electron chi connectivity index (χ1n) is 13.0. The zero-order valence-electron chi connectivity index (χ0n) is 21.9. The van der Waals surface area contributed by atoms with Crippen LogP contribution in [-0.2, 0) is 16.1 Å². The Morgan fingerprint density at radius 2 is 1.92 bits per heavy atom. The smallest absolute Gasteiger partial charge is 0.252 e. The van der Waals surface area contributed by atoms with Gasteiger partial charge in [-0.15, -0.1) is 0 Å². The zero-order chi connectivity index (χ0) is 26.6. The van der Waals surface area contributed by atoms with Crippen LogP contribution in [0.5, 0.6) is 0 Å². The van der Waals surface area contributed by atoms with E-state index in [9.17, 15) is 13.6 Å². The number of rotatable bonds is 9.